The molecule has 3 saturated carbocycles. The second-order valence-corrected chi connectivity index (χ2v) is 10.7. The molecule has 0 heteroatoms. The Morgan fingerprint density at radius 3 is 2.39 bits per heavy atom. The van der Waals surface area contributed by atoms with E-state index in [9.17, 15) is 0 Å². The second-order valence-electron chi connectivity index (χ2n) is 10.7. The van der Waals surface area contributed by atoms with E-state index in [2.05, 4.69) is 65.5 Å². The smallest absolute Gasteiger partial charge is 0.0143 e. The highest BCUT2D eigenvalue weighted by atomic mass is 14.5. The molecule has 3 aliphatic carbocycles. The first-order valence-electron chi connectivity index (χ1n) is 12.1. The summed E-state index contributed by atoms with van der Waals surface area (Å²) in [4.78, 5) is 0. The average Bonchev–Trinajstić information content (AvgIpc) is 3.02. The number of hydrogen-bond donors (Lipinski definition) is 0. The van der Waals surface area contributed by atoms with Crippen LogP contribution >= 0.6 is 0 Å². The van der Waals surface area contributed by atoms with Crippen LogP contribution in [0.1, 0.15) is 92.4 Å². The van der Waals surface area contributed by atoms with E-state index in [4.69, 9.17) is 0 Å². The minimum atomic E-state index is 0.497. The summed E-state index contributed by atoms with van der Waals surface area (Å²) in [6.45, 7) is 16.4. The molecule has 0 radical (unpaired) electrons. The fraction of sp³-hybridized carbons (Fsp3) is 0.714. The summed E-state index contributed by atoms with van der Waals surface area (Å²) in [6, 6.07) is 0. The molecular formula is C28H44. The molecule has 0 aromatic rings. The number of fused-ring (bicyclic) bond motifs is 1. The summed E-state index contributed by atoms with van der Waals surface area (Å²) in [5, 5.41) is 0. The fourth-order valence-corrected chi connectivity index (χ4v) is 6.25. The van der Waals surface area contributed by atoms with Gasteiger partial charge in [-0.3, -0.25) is 0 Å². The van der Waals surface area contributed by atoms with Gasteiger partial charge in [-0.2, -0.15) is 0 Å². The quantitative estimate of drug-likeness (QED) is 0.418. The first kappa shape index (κ1) is 21.7. The first-order valence-corrected chi connectivity index (χ1v) is 12.1. The molecule has 0 bridgehead atoms. The number of allylic oxidation sites excluding steroid dienone is 7. The van der Waals surface area contributed by atoms with Crippen molar-refractivity contribution in [1.29, 1.82) is 0 Å². The SMILES string of the molecule is C=C1CCCCC1=CC=C1CCC[C@]2(C)[C@@H]([C@H](C)C=C[C@H](C)C(C)C)CC[C@@H]12. The van der Waals surface area contributed by atoms with Crippen LogP contribution in [0.15, 0.2) is 47.6 Å². The van der Waals surface area contributed by atoms with Crippen molar-refractivity contribution in [3.63, 3.8) is 0 Å². The van der Waals surface area contributed by atoms with Gasteiger partial charge in [-0.1, -0.05) is 76.6 Å². The van der Waals surface area contributed by atoms with Crippen LogP contribution in [0.4, 0.5) is 0 Å². The first-order chi connectivity index (χ1) is 13.3. The van der Waals surface area contributed by atoms with E-state index in [1.807, 2.05) is 0 Å². The van der Waals surface area contributed by atoms with Crippen molar-refractivity contribution in [2.45, 2.75) is 92.4 Å². The van der Waals surface area contributed by atoms with Gasteiger partial charge in [0, 0.05) is 0 Å². The topological polar surface area (TPSA) is 0 Å². The lowest BCUT2D eigenvalue weighted by Gasteiger charge is -2.44. The maximum absolute atomic E-state index is 4.32. The third-order valence-electron chi connectivity index (χ3n) is 8.57. The van der Waals surface area contributed by atoms with E-state index < -0.39 is 0 Å². The Bertz CT molecular complexity index is 643. The van der Waals surface area contributed by atoms with Gasteiger partial charge in [-0.15, -0.1) is 0 Å². The number of hydrogen-bond acceptors (Lipinski definition) is 0. The van der Waals surface area contributed by atoms with Gasteiger partial charge in [0.05, 0.1) is 0 Å². The van der Waals surface area contributed by atoms with Crippen LogP contribution in [0, 0.1) is 35.0 Å². The summed E-state index contributed by atoms with van der Waals surface area (Å²) in [7, 11) is 0. The lowest BCUT2D eigenvalue weighted by molar-refractivity contribution is 0.112. The van der Waals surface area contributed by atoms with Crippen molar-refractivity contribution in [3.8, 4) is 0 Å². The minimum absolute atomic E-state index is 0.497. The molecule has 0 aliphatic heterocycles. The third-order valence-corrected chi connectivity index (χ3v) is 8.57. The highest BCUT2D eigenvalue weighted by Crippen LogP contribution is 2.59. The number of rotatable bonds is 5. The maximum Gasteiger partial charge on any atom is -0.0143 e. The van der Waals surface area contributed by atoms with Crippen LogP contribution in [-0.2, 0) is 0 Å². The lowest BCUT2D eigenvalue weighted by atomic mass is 9.61. The molecular weight excluding hydrogens is 336 g/mol. The van der Waals surface area contributed by atoms with Gasteiger partial charge in [0.15, 0.2) is 0 Å². The van der Waals surface area contributed by atoms with Gasteiger partial charge in [0.25, 0.3) is 0 Å². The highest BCUT2D eigenvalue weighted by Gasteiger charge is 2.50. The van der Waals surface area contributed by atoms with Gasteiger partial charge >= 0.3 is 0 Å². The molecule has 3 fully saturated rings. The van der Waals surface area contributed by atoms with E-state index in [0.29, 0.717) is 17.3 Å². The summed E-state index contributed by atoms with van der Waals surface area (Å²) < 4.78 is 0. The Labute approximate surface area is 175 Å². The van der Waals surface area contributed by atoms with E-state index >= 15 is 0 Å². The van der Waals surface area contributed by atoms with Crippen molar-refractivity contribution in [1.82, 2.24) is 0 Å². The predicted molar refractivity (Wildman–Crippen MR) is 124 cm³/mol. The van der Waals surface area contributed by atoms with Crippen molar-refractivity contribution < 1.29 is 0 Å². The van der Waals surface area contributed by atoms with Crippen molar-refractivity contribution in [2.24, 2.45) is 35.0 Å². The van der Waals surface area contributed by atoms with Crippen molar-refractivity contribution in [3.05, 3.63) is 47.6 Å². The summed E-state index contributed by atoms with van der Waals surface area (Å²) in [5.41, 5.74) is 5.16. The van der Waals surface area contributed by atoms with Crippen LogP contribution in [-0.4, -0.2) is 0 Å². The Morgan fingerprint density at radius 1 is 0.929 bits per heavy atom. The molecule has 0 N–H and O–H groups in total. The van der Waals surface area contributed by atoms with Crippen LogP contribution in [0.25, 0.3) is 0 Å². The van der Waals surface area contributed by atoms with Gasteiger partial charge in [-0.05, 0) is 98.4 Å². The Morgan fingerprint density at radius 2 is 1.68 bits per heavy atom. The molecule has 3 aliphatic rings. The van der Waals surface area contributed by atoms with E-state index in [1.165, 1.54) is 68.9 Å². The van der Waals surface area contributed by atoms with Crippen molar-refractivity contribution >= 4 is 0 Å². The largest absolute Gasteiger partial charge is 0.0956 e. The molecule has 0 amide bonds. The molecule has 3 rings (SSSR count). The molecule has 0 heterocycles. The van der Waals surface area contributed by atoms with Gasteiger partial charge in [-0.25, -0.2) is 0 Å². The van der Waals surface area contributed by atoms with E-state index in [1.54, 1.807) is 5.57 Å². The standard InChI is InChI=1S/C28H44/c1-20(2)21(3)13-14-23(5)26-17-18-27-25(12-9-19-28(26,27)6)16-15-24-11-8-7-10-22(24)4/h13-16,20-21,23,26-27H,4,7-12,17-19H2,1-3,5-6H3/t21-,23+,26+,27-,28+/m0/s1. The van der Waals surface area contributed by atoms with Crippen LogP contribution in [0.2, 0.25) is 0 Å². The lowest BCUT2D eigenvalue weighted by Crippen LogP contribution is -2.35. The third kappa shape index (κ3) is 4.58. The van der Waals surface area contributed by atoms with Crippen molar-refractivity contribution in [2.75, 3.05) is 0 Å². The zero-order valence-electron chi connectivity index (χ0n) is 19.3. The minimum Gasteiger partial charge on any atom is -0.0956 e. The molecule has 0 aromatic heterocycles. The molecule has 0 aromatic carbocycles. The maximum atomic E-state index is 4.32. The van der Waals surface area contributed by atoms with Gasteiger partial charge < -0.3 is 0 Å². The fourth-order valence-electron chi connectivity index (χ4n) is 6.25. The Balaban J connectivity index is 1.74. The monoisotopic (exact) mass is 380 g/mol. The highest BCUT2D eigenvalue weighted by molar-refractivity contribution is 5.35. The molecule has 5 atom stereocenters. The summed E-state index contributed by atoms with van der Waals surface area (Å²) >= 11 is 0. The van der Waals surface area contributed by atoms with Crippen LogP contribution < -0.4 is 0 Å². The average molecular weight is 381 g/mol. The van der Waals surface area contributed by atoms with Crippen LogP contribution in [0.3, 0.4) is 0 Å². The zero-order chi connectivity index (χ0) is 20.3. The zero-order valence-corrected chi connectivity index (χ0v) is 19.3. The molecule has 0 saturated heterocycles. The predicted octanol–water partition coefficient (Wildman–Crippen LogP) is 8.67. The van der Waals surface area contributed by atoms with E-state index in [-0.39, 0.29) is 0 Å². The normalized spacial score (nSPS) is 36.4. The molecule has 0 nitrogen and oxygen atoms in total. The van der Waals surface area contributed by atoms with Crippen LogP contribution in [0.5, 0.6) is 0 Å². The molecule has 156 valence electrons. The van der Waals surface area contributed by atoms with Gasteiger partial charge in [0.2, 0.25) is 0 Å². The van der Waals surface area contributed by atoms with Gasteiger partial charge in [0.1, 0.15) is 0 Å². The van der Waals surface area contributed by atoms with E-state index in [0.717, 1.165) is 17.8 Å². The Hall–Kier alpha value is -1.04. The Kier molecular flexibility index (Phi) is 7.11. The summed E-state index contributed by atoms with van der Waals surface area (Å²) in [6.07, 6.45) is 22.0. The molecule has 0 unspecified atom stereocenters. The second kappa shape index (κ2) is 9.19. The summed E-state index contributed by atoms with van der Waals surface area (Å²) in [5.74, 6) is 3.77. The molecule has 0 spiro atoms. The molecule has 28 heavy (non-hydrogen) atoms.